The molecule has 0 radical (unpaired) electrons. The number of hydrogen-bond donors (Lipinski definition) is 2. The zero-order valence-electron chi connectivity index (χ0n) is 9.75. The van der Waals surface area contributed by atoms with Crippen molar-refractivity contribution < 1.29 is 12.8 Å². The minimum atomic E-state index is -3.81. The van der Waals surface area contributed by atoms with Crippen LogP contribution in [-0.4, -0.2) is 18.4 Å². The number of sulfonamides is 1. The van der Waals surface area contributed by atoms with Crippen molar-refractivity contribution in [1.82, 2.24) is 9.97 Å². The van der Waals surface area contributed by atoms with E-state index in [9.17, 15) is 12.8 Å². The molecule has 100 valence electrons. The lowest BCUT2D eigenvalue weighted by Crippen LogP contribution is -2.14. The van der Waals surface area contributed by atoms with Gasteiger partial charge in [-0.2, -0.15) is 0 Å². The van der Waals surface area contributed by atoms with Gasteiger partial charge in [0.05, 0.1) is 23.0 Å². The fourth-order valence-electron chi connectivity index (χ4n) is 1.44. The van der Waals surface area contributed by atoms with Crippen molar-refractivity contribution >= 4 is 15.7 Å². The van der Waals surface area contributed by atoms with Crippen LogP contribution in [0.2, 0.25) is 0 Å². The van der Waals surface area contributed by atoms with Gasteiger partial charge in [-0.05, 0) is 18.2 Å². The maximum atomic E-state index is 13.3. The van der Waals surface area contributed by atoms with Crippen molar-refractivity contribution in [3.8, 4) is 0 Å². The van der Waals surface area contributed by atoms with Crippen molar-refractivity contribution in [2.75, 3.05) is 4.72 Å². The summed E-state index contributed by atoms with van der Waals surface area (Å²) in [6.45, 7) is -0.0797. The molecule has 0 bridgehead atoms. The molecule has 8 heteroatoms. The van der Waals surface area contributed by atoms with Gasteiger partial charge in [-0.25, -0.2) is 22.8 Å². The van der Waals surface area contributed by atoms with E-state index < -0.39 is 15.8 Å². The Morgan fingerprint density at radius 3 is 2.58 bits per heavy atom. The molecule has 6 nitrogen and oxygen atoms in total. The summed E-state index contributed by atoms with van der Waals surface area (Å²) < 4.78 is 39.7. The summed E-state index contributed by atoms with van der Waals surface area (Å²) in [5.41, 5.74) is 5.70. The van der Waals surface area contributed by atoms with Gasteiger partial charge in [0.25, 0.3) is 10.0 Å². The highest BCUT2D eigenvalue weighted by molar-refractivity contribution is 7.92. The van der Waals surface area contributed by atoms with Gasteiger partial charge in [-0.3, -0.25) is 4.72 Å². The molecule has 0 saturated heterocycles. The number of aromatic nitrogens is 2. The largest absolute Gasteiger partial charge is 0.326 e. The topological polar surface area (TPSA) is 98.0 Å². The number of halogens is 1. The molecule has 0 fully saturated rings. The van der Waals surface area contributed by atoms with Gasteiger partial charge in [0, 0.05) is 12.1 Å². The third kappa shape index (κ3) is 3.04. The number of nitrogens with two attached hydrogens (primary N) is 1. The highest BCUT2D eigenvalue weighted by Crippen LogP contribution is 2.17. The van der Waals surface area contributed by atoms with Crippen molar-refractivity contribution in [2.45, 2.75) is 11.4 Å². The van der Waals surface area contributed by atoms with Gasteiger partial charge in [0.2, 0.25) is 0 Å². The number of anilines is 1. The van der Waals surface area contributed by atoms with E-state index in [1.54, 1.807) is 0 Å². The van der Waals surface area contributed by atoms with Crippen LogP contribution in [0.1, 0.15) is 5.56 Å². The van der Waals surface area contributed by atoms with Gasteiger partial charge in [-0.1, -0.05) is 0 Å². The lowest BCUT2D eigenvalue weighted by atomic mass is 10.2. The number of nitrogens with zero attached hydrogens (tertiary/aromatic N) is 2. The highest BCUT2D eigenvalue weighted by Gasteiger charge is 2.16. The smallest absolute Gasteiger partial charge is 0.262 e. The molecule has 0 unspecified atom stereocenters. The third-order valence-corrected chi connectivity index (χ3v) is 3.74. The summed E-state index contributed by atoms with van der Waals surface area (Å²) in [5, 5.41) is 0. The Kier molecular flexibility index (Phi) is 3.72. The van der Waals surface area contributed by atoms with Crippen LogP contribution < -0.4 is 10.5 Å². The second kappa shape index (κ2) is 5.29. The van der Waals surface area contributed by atoms with Crippen LogP contribution >= 0.6 is 0 Å². The summed E-state index contributed by atoms with van der Waals surface area (Å²) >= 11 is 0. The fourth-order valence-corrected chi connectivity index (χ4v) is 2.52. The Labute approximate surface area is 109 Å². The van der Waals surface area contributed by atoms with Gasteiger partial charge < -0.3 is 5.73 Å². The van der Waals surface area contributed by atoms with Crippen LogP contribution in [-0.2, 0) is 16.6 Å². The molecule has 0 aliphatic carbocycles. The molecule has 0 atom stereocenters. The average molecular weight is 282 g/mol. The maximum absolute atomic E-state index is 13.3. The third-order valence-electron chi connectivity index (χ3n) is 2.36. The van der Waals surface area contributed by atoms with E-state index in [2.05, 4.69) is 14.7 Å². The van der Waals surface area contributed by atoms with Gasteiger partial charge in [-0.15, -0.1) is 0 Å². The summed E-state index contributed by atoms with van der Waals surface area (Å²) in [6.07, 6.45) is 3.91. The van der Waals surface area contributed by atoms with Crippen LogP contribution in [0.5, 0.6) is 0 Å². The molecular weight excluding hydrogens is 271 g/mol. The minimum Gasteiger partial charge on any atom is -0.326 e. The van der Waals surface area contributed by atoms with E-state index in [1.807, 2.05) is 0 Å². The summed E-state index contributed by atoms with van der Waals surface area (Å²) in [5.74, 6) is -0.538. The van der Waals surface area contributed by atoms with E-state index in [4.69, 9.17) is 5.73 Å². The first-order chi connectivity index (χ1) is 9.03. The molecule has 1 aromatic carbocycles. The molecular formula is C11H11FN4O2S. The Balaban J connectivity index is 2.35. The lowest BCUT2D eigenvalue weighted by molar-refractivity contribution is 0.596. The van der Waals surface area contributed by atoms with E-state index >= 15 is 0 Å². The molecule has 2 aromatic rings. The Morgan fingerprint density at radius 2 is 1.95 bits per heavy atom. The van der Waals surface area contributed by atoms with Crippen LogP contribution in [0.15, 0.2) is 41.8 Å². The summed E-state index contributed by atoms with van der Waals surface area (Å²) in [4.78, 5) is 7.31. The van der Waals surface area contributed by atoms with Crippen molar-refractivity contribution in [3.05, 3.63) is 48.3 Å². The summed E-state index contributed by atoms with van der Waals surface area (Å²) in [7, 11) is -3.81. The first-order valence-electron chi connectivity index (χ1n) is 5.29. The lowest BCUT2D eigenvalue weighted by Gasteiger charge is -2.08. The molecule has 0 saturated carbocycles. The van der Waals surface area contributed by atoms with Gasteiger partial charge in [0.1, 0.15) is 12.1 Å². The SMILES string of the molecule is NCc1cc(S(=O)(=O)Nc2cncnc2)ccc1F. The first kappa shape index (κ1) is 13.4. The van der Waals surface area contributed by atoms with Crippen LogP contribution in [0.25, 0.3) is 0 Å². The zero-order chi connectivity index (χ0) is 13.9. The van der Waals surface area contributed by atoms with E-state index in [1.165, 1.54) is 30.9 Å². The molecule has 1 aromatic heterocycles. The minimum absolute atomic E-state index is 0.0711. The Morgan fingerprint density at radius 1 is 1.26 bits per heavy atom. The number of nitrogens with one attached hydrogen (secondary N) is 1. The second-order valence-electron chi connectivity index (χ2n) is 3.69. The number of benzene rings is 1. The number of hydrogen-bond acceptors (Lipinski definition) is 5. The van der Waals surface area contributed by atoms with E-state index in [0.29, 0.717) is 0 Å². The molecule has 0 aliphatic heterocycles. The second-order valence-corrected chi connectivity index (χ2v) is 5.37. The molecule has 2 rings (SSSR count). The quantitative estimate of drug-likeness (QED) is 0.867. The standard InChI is InChI=1S/C11H11FN4O2S/c12-11-2-1-10(3-8(11)4-13)19(17,18)16-9-5-14-7-15-6-9/h1-3,5-7,16H,4,13H2. The molecule has 3 N–H and O–H groups in total. The predicted molar refractivity (Wildman–Crippen MR) is 67.1 cm³/mol. The molecule has 19 heavy (non-hydrogen) atoms. The molecule has 0 amide bonds. The zero-order valence-corrected chi connectivity index (χ0v) is 10.6. The van der Waals surface area contributed by atoms with Crippen LogP contribution in [0.3, 0.4) is 0 Å². The van der Waals surface area contributed by atoms with Crippen LogP contribution in [0, 0.1) is 5.82 Å². The Bertz CT molecular complexity index is 676. The predicted octanol–water partition coefficient (Wildman–Crippen LogP) is 0.875. The summed E-state index contributed by atoms with van der Waals surface area (Å²) in [6, 6.07) is 3.43. The van der Waals surface area contributed by atoms with Crippen molar-refractivity contribution in [2.24, 2.45) is 5.73 Å². The number of rotatable bonds is 4. The molecule has 0 spiro atoms. The normalized spacial score (nSPS) is 11.3. The van der Waals surface area contributed by atoms with Gasteiger partial charge in [0.15, 0.2) is 0 Å². The highest BCUT2D eigenvalue weighted by atomic mass is 32.2. The molecule has 0 aliphatic rings. The fraction of sp³-hybridized carbons (Fsp3) is 0.0909. The van der Waals surface area contributed by atoms with Crippen LogP contribution in [0.4, 0.5) is 10.1 Å². The van der Waals surface area contributed by atoms with E-state index in [-0.39, 0.29) is 22.7 Å². The van der Waals surface area contributed by atoms with Crippen molar-refractivity contribution in [1.29, 1.82) is 0 Å². The van der Waals surface area contributed by atoms with E-state index in [0.717, 1.165) is 6.07 Å². The van der Waals surface area contributed by atoms with Crippen molar-refractivity contribution in [3.63, 3.8) is 0 Å². The average Bonchev–Trinajstić information content (AvgIpc) is 2.39. The first-order valence-corrected chi connectivity index (χ1v) is 6.77. The molecule has 1 heterocycles. The van der Waals surface area contributed by atoms with Gasteiger partial charge >= 0.3 is 0 Å². The Hall–Kier alpha value is -2.06. The maximum Gasteiger partial charge on any atom is 0.262 e. The monoisotopic (exact) mass is 282 g/mol.